The van der Waals surface area contributed by atoms with Crippen molar-refractivity contribution in [2.45, 2.75) is 73.7 Å². The molecule has 0 saturated heterocycles. The molecule has 0 unspecified atom stereocenters. The third-order valence-corrected chi connectivity index (χ3v) is 13.9. The SMILES string of the molecule is CCCc1cc(NC(=O)C(C)(C)S(=O)(=O)c2ccc(OC)cc2)on1.COc1ccc(S(=O)(=O)C(C)(C)C(=O)Nc2c(C)c(-c3ccccc3)nn2C)cc1. The summed E-state index contributed by atoms with van der Waals surface area (Å²) in [6, 6.07) is 23.1. The van der Waals surface area contributed by atoms with Crippen LogP contribution in [0.4, 0.5) is 11.7 Å². The lowest BCUT2D eigenvalue weighted by molar-refractivity contribution is -0.118. The molecule has 14 nitrogen and oxygen atoms in total. The Bertz CT molecular complexity index is 2330. The van der Waals surface area contributed by atoms with Crippen LogP contribution in [0.1, 0.15) is 52.3 Å². The highest BCUT2D eigenvalue weighted by Crippen LogP contribution is 2.32. The van der Waals surface area contributed by atoms with Crippen LogP contribution in [0.25, 0.3) is 11.3 Å². The van der Waals surface area contributed by atoms with Crippen molar-refractivity contribution >= 4 is 43.2 Å². The van der Waals surface area contributed by atoms with Crippen LogP contribution in [-0.4, -0.2) is 67.3 Å². The largest absolute Gasteiger partial charge is 0.497 e. The van der Waals surface area contributed by atoms with Crippen LogP contribution >= 0.6 is 0 Å². The number of amides is 2. The number of rotatable bonds is 13. The molecule has 0 fully saturated rings. The highest BCUT2D eigenvalue weighted by molar-refractivity contribution is 7.94. The molecule has 16 heteroatoms. The van der Waals surface area contributed by atoms with Gasteiger partial charge in [-0.25, -0.2) is 16.8 Å². The highest BCUT2D eigenvalue weighted by Gasteiger charge is 2.44. The van der Waals surface area contributed by atoms with Crippen LogP contribution < -0.4 is 20.1 Å². The molecule has 0 bridgehead atoms. The standard InChI is InChI=1S/C22H25N3O4S.C17H22N2O5S/c1-15-19(16-9-7-6-8-10-16)24-25(4)20(15)23-21(26)22(2,3)30(27,28)18-13-11-17(29-5)12-14-18;1-5-6-12-11-15(24-19-12)18-16(20)17(2,3)25(21,22)14-9-7-13(23-4)8-10-14/h6-14H,1-5H3,(H,23,26);7-11H,5-6H2,1-4H3,(H,18,20). The average molecular weight is 794 g/mol. The number of nitrogens with zero attached hydrogens (tertiary/aromatic N) is 3. The zero-order chi connectivity index (χ0) is 40.8. The minimum absolute atomic E-state index is 0.0395. The maximum atomic E-state index is 13.2. The number of anilines is 2. The smallest absolute Gasteiger partial charge is 0.248 e. The molecule has 2 aromatic heterocycles. The first-order valence-electron chi connectivity index (χ1n) is 17.3. The van der Waals surface area contributed by atoms with E-state index in [9.17, 15) is 26.4 Å². The predicted octanol–water partition coefficient (Wildman–Crippen LogP) is 6.42. The van der Waals surface area contributed by atoms with Gasteiger partial charge >= 0.3 is 0 Å². The van der Waals surface area contributed by atoms with Gasteiger partial charge in [-0.1, -0.05) is 48.8 Å². The Kier molecular flexibility index (Phi) is 13.0. The second-order valence-electron chi connectivity index (χ2n) is 13.5. The van der Waals surface area contributed by atoms with Gasteiger partial charge in [0.25, 0.3) is 0 Å². The van der Waals surface area contributed by atoms with Gasteiger partial charge in [0.15, 0.2) is 19.7 Å². The van der Waals surface area contributed by atoms with Crippen LogP contribution in [0.15, 0.2) is 99.2 Å². The molecule has 0 aliphatic rings. The van der Waals surface area contributed by atoms with Crippen molar-refractivity contribution in [3.63, 3.8) is 0 Å². The van der Waals surface area contributed by atoms with Crippen molar-refractivity contribution in [3.05, 3.63) is 96.2 Å². The number of sulfone groups is 2. The number of aryl methyl sites for hydroxylation is 2. The Labute approximate surface area is 322 Å². The molecule has 5 aromatic rings. The van der Waals surface area contributed by atoms with Gasteiger partial charge in [0.1, 0.15) is 26.8 Å². The van der Waals surface area contributed by atoms with Gasteiger partial charge in [0.2, 0.25) is 17.7 Å². The van der Waals surface area contributed by atoms with Crippen molar-refractivity contribution in [1.82, 2.24) is 14.9 Å². The summed E-state index contributed by atoms with van der Waals surface area (Å²) in [5.74, 6) is 0.330. The molecule has 55 heavy (non-hydrogen) atoms. The van der Waals surface area contributed by atoms with E-state index in [0.717, 1.165) is 23.2 Å². The Morgan fingerprint density at radius 1 is 0.764 bits per heavy atom. The quantitative estimate of drug-likeness (QED) is 0.134. The molecule has 0 spiro atoms. The molecule has 5 rings (SSSR count). The monoisotopic (exact) mass is 793 g/mol. The van der Waals surface area contributed by atoms with Crippen molar-refractivity contribution in [2.75, 3.05) is 24.9 Å². The molecule has 0 atom stereocenters. The fourth-order valence-electron chi connectivity index (χ4n) is 5.28. The lowest BCUT2D eigenvalue weighted by Gasteiger charge is -2.24. The molecular formula is C39H47N5O9S2. The summed E-state index contributed by atoms with van der Waals surface area (Å²) < 4.78 is 65.3. The molecule has 0 aliphatic heterocycles. The fourth-order valence-corrected chi connectivity index (χ4v) is 8.04. The van der Waals surface area contributed by atoms with Crippen molar-refractivity contribution in [3.8, 4) is 22.8 Å². The summed E-state index contributed by atoms with van der Waals surface area (Å²) in [6.45, 7) is 9.33. The predicted molar refractivity (Wildman–Crippen MR) is 210 cm³/mol. The van der Waals surface area contributed by atoms with Gasteiger partial charge in [-0.3, -0.25) is 19.6 Å². The summed E-state index contributed by atoms with van der Waals surface area (Å²) in [4.78, 5) is 25.7. The van der Waals surface area contributed by atoms with E-state index >= 15 is 0 Å². The summed E-state index contributed by atoms with van der Waals surface area (Å²) in [5.41, 5.74) is 3.10. The zero-order valence-electron chi connectivity index (χ0n) is 32.3. The first kappa shape index (κ1) is 42.3. The van der Waals surface area contributed by atoms with Crippen molar-refractivity contribution in [2.24, 2.45) is 7.05 Å². The van der Waals surface area contributed by atoms with E-state index in [4.69, 9.17) is 14.0 Å². The average Bonchev–Trinajstić information content (AvgIpc) is 3.73. The topological polar surface area (TPSA) is 189 Å². The third kappa shape index (κ3) is 8.92. The van der Waals surface area contributed by atoms with E-state index < -0.39 is 41.0 Å². The summed E-state index contributed by atoms with van der Waals surface area (Å²) >= 11 is 0. The van der Waals surface area contributed by atoms with Crippen LogP contribution in [0.5, 0.6) is 11.5 Å². The van der Waals surface area contributed by atoms with E-state index in [-0.39, 0.29) is 15.7 Å². The number of aromatic nitrogens is 3. The van der Waals surface area contributed by atoms with Gasteiger partial charge in [-0.2, -0.15) is 5.10 Å². The van der Waals surface area contributed by atoms with Crippen LogP contribution in [0, 0.1) is 6.92 Å². The fraction of sp³-hybridized carbons (Fsp3) is 0.333. The first-order chi connectivity index (χ1) is 25.8. The highest BCUT2D eigenvalue weighted by atomic mass is 32.2. The molecule has 0 radical (unpaired) electrons. The van der Waals surface area contributed by atoms with E-state index in [1.54, 1.807) is 29.9 Å². The minimum atomic E-state index is -3.95. The maximum absolute atomic E-state index is 13.2. The molecule has 0 saturated carbocycles. The molecule has 2 amide bonds. The molecule has 0 aliphatic carbocycles. The number of hydrogen-bond donors (Lipinski definition) is 2. The first-order valence-corrected chi connectivity index (χ1v) is 20.2. The summed E-state index contributed by atoms with van der Waals surface area (Å²) in [5, 5.41) is 13.6. The van der Waals surface area contributed by atoms with Crippen LogP contribution in [0.2, 0.25) is 0 Å². The molecule has 2 N–H and O–H groups in total. The van der Waals surface area contributed by atoms with E-state index in [1.165, 1.54) is 78.3 Å². The number of nitrogens with one attached hydrogen (secondary N) is 2. The Balaban J connectivity index is 0.000000249. The van der Waals surface area contributed by atoms with E-state index in [1.807, 2.05) is 44.2 Å². The Morgan fingerprint density at radius 2 is 1.24 bits per heavy atom. The number of carbonyl (C=O) groups is 2. The van der Waals surface area contributed by atoms with Crippen LogP contribution in [-0.2, 0) is 42.7 Å². The summed E-state index contributed by atoms with van der Waals surface area (Å²) in [6.07, 6.45) is 1.60. The van der Waals surface area contributed by atoms with E-state index in [2.05, 4.69) is 20.9 Å². The van der Waals surface area contributed by atoms with Crippen molar-refractivity contribution in [1.29, 1.82) is 0 Å². The lowest BCUT2D eigenvalue weighted by atomic mass is 10.1. The van der Waals surface area contributed by atoms with Gasteiger partial charge in [-0.05, 0) is 89.6 Å². The normalized spacial score (nSPS) is 11.9. The van der Waals surface area contributed by atoms with Gasteiger partial charge in [0, 0.05) is 24.2 Å². The Hall–Kier alpha value is -5.48. The maximum Gasteiger partial charge on any atom is 0.248 e. The molecular weight excluding hydrogens is 747 g/mol. The number of methoxy groups -OCH3 is 2. The second-order valence-corrected chi connectivity index (χ2v) is 18.5. The Morgan fingerprint density at radius 3 is 1.69 bits per heavy atom. The molecule has 3 aromatic carbocycles. The van der Waals surface area contributed by atoms with Crippen LogP contribution in [0.3, 0.4) is 0 Å². The zero-order valence-corrected chi connectivity index (χ0v) is 34.0. The molecule has 294 valence electrons. The summed E-state index contributed by atoms with van der Waals surface area (Å²) in [7, 11) is -3.17. The number of hydrogen-bond acceptors (Lipinski definition) is 11. The second kappa shape index (κ2) is 16.9. The third-order valence-electron chi connectivity index (χ3n) is 9.04. The molecule has 2 heterocycles. The van der Waals surface area contributed by atoms with Gasteiger partial charge in [-0.15, -0.1) is 0 Å². The van der Waals surface area contributed by atoms with Gasteiger partial charge < -0.3 is 19.3 Å². The number of carbonyl (C=O) groups excluding carboxylic acids is 2. The number of ether oxygens (including phenoxy) is 2. The van der Waals surface area contributed by atoms with Crippen molar-refractivity contribution < 1.29 is 40.4 Å². The minimum Gasteiger partial charge on any atom is -0.497 e. The lowest BCUT2D eigenvalue weighted by Crippen LogP contribution is -2.44. The van der Waals surface area contributed by atoms with Gasteiger partial charge in [0.05, 0.1) is 35.4 Å². The number of benzene rings is 3. The van der Waals surface area contributed by atoms with E-state index in [0.29, 0.717) is 29.4 Å².